The van der Waals surface area contributed by atoms with Gasteiger partial charge in [0.15, 0.2) is 0 Å². The molecule has 0 saturated carbocycles. The van der Waals surface area contributed by atoms with Crippen molar-refractivity contribution in [2.24, 2.45) is 0 Å². The quantitative estimate of drug-likeness (QED) is 0.386. The van der Waals surface area contributed by atoms with Crippen molar-refractivity contribution in [3.05, 3.63) is 0 Å². The van der Waals surface area contributed by atoms with E-state index in [0.717, 1.165) is 19.0 Å². The Morgan fingerprint density at radius 2 is 1.88 bits per heavy atom. The van der Waals surface area contributed by atoms with Gasteiger partial charge in [-0.05, 0) is 32.5 Å². The molecule has 17 heavy (non-hydrogen) atoms. The Bertz CT molecular complexity index is 222. The number of hydrogen-bond donors (Lipinski definition) is 1. The van der Waals surface area contributed by atoms with Crippen LogP contribution in [0.2, 0.25) is 12.6 Å². The van der Waals surface area contributed by atoms with Gasteiger partial charge in [0.25, 0.3) is 0 Å². The molecule has 1 N–H and O–H groups in total. The number of nitrogens with one attached hydrogen (secondary N) is 1. The lowest BCUT2D eigenvalue weighted by molar-refractivity contribution is -0.141. The summed E-state index contributed by atoms with van der Waals surface area (Å²) in [4.78, 5) is 11.0. The van der Waals surface area contributed by atoms with Gasteiger partial charge in [0.2, 0.25) is 0 Å². The Morgan fingerprint density at radius 3 is 2.35 bits per heavy atom. The third-order valence-electron chi connectivity index (χ3n) is 2.86. The Kier molecular flexibility index (Phi) is 8.41. The molecule has 0 aliphatic rings. The molecule has 0 aromatic carbocycles. The smallest absolute Gasteiger partial charge is 0.334 e. The fourth-order valence-electron chi connectivity index (χ4n) is 1.45. The normalized spacial score (nSPS) is 13.5. The standard InChI is InChI=1S/C11H25NO4Si/c1-10(9-11(13)14-2)12-7-6-8-17(5,15-3)16-4/h10,12H,6-9H2,1-5H3. The number of carbonyl (C=O) groups excluding carboxylic acids is 1. The summed E-state index contributed by atoms with van der Waals surface area (Å²) in [6, 6.07) is 1.08. The van der Waals surface area contributed by atoms with Gasteiger partial charge in [0, 0.05) is 20.3 Å². The number of rotatable bonds is 9. The van der Waals surface area contributed by atoms with Crippen LogP contribution in [0.15, 0.2) is 0 Å². The maximum absolute atomic E-state index is 11.0. The van der Waals surface area contributed by atoms with E-state index in [1.165, 1.54) is 7.11 Å². The monoisotopic (exact) mass is 263 g/mol. The van der Waals surface area contributed by atoms with Crippen LogP contribution < -0.4 is 5.32 Å². The Balaban J connectivity index is 3.67. The van der Waals surface area contributed by atoms with Gasteiger partial charge in [-0.25, -0.2) is 0 Å². The molecule has 0 saturated heterocycles. The molecule has 0 heterocycles. The molecule has 0 amide bonds. The first-order valence-electron chi connectivity index (χ1n) is 5.88. The number of carbonyl (C=O) groups is 1. The maximum atomic E-state index is 11.0. The van der Waals surface area contributed by atoms with Gasteiger partial charge in [-0.15, -0.1) is 0 Å². The predicted octanol–water partition coefficient (Wildman–Crippen LogP) is 1.28. The molecular formula is C11H25NO4Si. The summed E-state index contributed by atoms with van der Waals surface area (Å²) in [5.41, 5.74) is 0. The second-order valence-corrected chi connectivity index (χ2v) is 7.87. The van der Waals surface area contributed by atoms with E-state index in [1.807, 2.05) is 13.5 Å². The van der Waals surface area contributed by atoms with Crippen LogP contribution in [0.25, 0.3) is 0 Å². The molecule has 0 fully saturated rings. The molecule has 0 aromatic rings. The van der Waals surface area contributed by atoms with Crippen molar-refractivity contribution in [2.75, 3.05) is 27.9 Å². The van der Waals surface area contributed by atoms with E-state index in [9.17, 15) is 4.79 Å². The lowest BCUT2D eigenvalue weighted by Gasteiger charge is -2.23. The molecule has 0 aromatic heterocycles. The average Bonchev–Trinajstić information content (AvgIpc) is 2.34. The van der Waals surface area contributed by atoms with E-state index in [-0.39, 0.29) is 12.0 Å². The molecule has 6 heteroatoms. The highest BCUT2D eigenvalue weighted by atomic mass is 28.4. The minimum absolute atomic E-state index is 0.139. The lowest BCUT2D eigenvalue weighted by Crippen LogP contribution is -2.37. The van der Waals surface area contributed by atoms with Crippen LogP contribution in [0.4, 0.5) is 0 Å². The highest BCUT2D eigenvalue weighted by Crippen LogP contribution is 2.12. The zero-order valence-electron chi connectivity index (χ0n) is 11.5. The van der Waals surface area contributed by atoms with Crippen LogP contribution in [0, 0.1) is 0 Å². The van der Waals surface area contributed by atoms with Gasteiger partial charge >= 0.3 is 14.5 Å². The van der Waals surface area contributed by atoms with E-state index in [1.54, 1.807) is 14.2 Å². The highest BCUT2D eigenvalue weighted by Gasteiger charge is 2.27. The largest absolute Gasteiger partial charge is 0.469 e. The lowest BCUT2D eigenvalue weighted by atomic mass is 10.2. The fraction of sp³-hybridized carbons (Fsp3) is 0.909. The molecule has 0 rings (SSSR count). The van der Waals surface area contributed by atoms with Crippen LogP contribution >= 0.6 is 0 Å². The minimum atomic E-state index is -1.94. The summed E-state index contributed by atoms with van der Waals surface area (Å²) >= 11 is 0. The van der Waals surface area contributed by atoms with Crippen molar-refractivity contribution in [1.29, 1.82) is 0 Å². The number of hydrogen-bond acceptors (Lipinski definition) is 5. The van der Waals surface area contributed by atoms with Crippen molar-refractivity contribution >= 4 is 14.5 Å². The Labute approximate surface area is 105 Å². The zero-order valence-corrected chi connectivity index (χ0v) is 12.5. The summed E-state index contributed by atoms with van der Waals surface area (Å²) in [5.74, 6) is -0.182. The topological polar surface area (TPSA) is 56.8 Å². The molecule has 1 atom stereocenters. The highest BCUT2D eigenvalue weighted by molar-refractivity contribution is 6.65. The molecule has 102 valence electrons. The number of esters is 1. The summed E-state index contributed by atoms with van der Waals surface area (Å²) in [7, 11) is 2.86. The van der Waals surface area contributed by atoms with Crippen molar-refractivity contribution < 1.29 is 18.4 Å². The first-order valence-corrected chi connectivity index (χ1v) is 8.40. The van der Waals surface area contributed by atoms with E-state index in [4.69, 9.17) is 8.85 Å². The first-order chi connectivity index (χ1) is 7.97. The van der Waals surface area contributed by atoms with Crippen LogP contribution in [-0.4, -0.2) is 48.4 Å². The van der Waals surface area contributed by atoms with E-state index >= 15 is 0 Å². The molecule has 0 aliphatic carbocycles. The third-order valence-corrected chi connectivity index (χ3v) is 5.85. The summed E-state index contributed by atoms with van der Waals surface area (Å²) in [5, 5.41) is 3.28. The maximum Gasteiger partial charge on any atom is 0.334 e. The molecule has 0 bridgehead atoms. The second-order valence-electron chi connectivity index (χ2n) is 4.28. The van der Waals surface area contributed by atoms with Crippen molar-refractivity contribution in [3.8, 4) is 0 Å². The van der Waals surface area contributed by atoms with Crippen LogP contribution in [0.5, 0.6) is 0 Å². The van der Waals surface area contributed by atoms with Crippen molar-refractivity contribution in [2.45, 2.75) is 38.4 Å². The molecule has 5 nitrogen and oxygen atoms in total. The SMILES string of the molecule is COC(=O)CC(C)NCCC[Si](C)(OC)OC. The molecule has 0 radical (unpaired) electrons. The molecule has 0 spiro atoms. The van der Waals surface area contributed by atoms with Crippen LogP contribution in [-0.2, 0) is 18.4 Å². The van der Waals surface area contributed by atoms with Gasteiger partial charge in [-0.1, -0.05) is 0 Å². The van der Waals surface area contributed by atoms with Crippen molar-refractivity contribution in [3.63, 3.8) is 0 Å². The van der Waals surface area contributed by atoms with Gasteiger partial charge in [-0.3, -0.25) is 4.79 Å². The second kappa shape index (κ2) is 8.63. The molecule has 0 aliphatic heterocycles. The van der Waals surface area contributed by atoms with E-state index in [0.29, 0.717) is 6.42 Å². The van der Waals surface area contributed by atoms with Crippen LogP contribution in [0.3, 0.4) is 0 Å². The van der Waals surface area contributed by atoms with Gasteiger partial charge in [0.1, 0.15) is 0 Å². The third kappa shape index (κ3) is 7.48. The predicted molar refractivity (Wildman–Crippen MR) is 69.2 cm³/mol. The zero-order chi connectivity index (χ0) is 13.3. The summed E-state index contributed by atoms with van der Waals surface area (Å²) < 4.78 is 15.4. The minimum Gasteiger partial charge on any atom is -0.469 e. The number of methoxy groups -OCH3 is 1. The van der Waals surface area contributed by atoms with Crippen molar-refractivity contribution in [1.82, 2.24) is 5.32 Å². The van der Waals surface area contributed by atoms with Gasteiger partial charge in [0.05, 0.1) is 13.5 Å². The molecule has 1 unspecified atom stereocenters. The number of ether oxygens (including phenoxy) is 1. The summed E-state index contributed by atoms with van der Waals surface area (Å²) in [6.45, 7) is 4.87. The molecular weight excluding hydrogens is 238 g/mol. The average molecular weight is 263 g/mol. The van der Waals surface area contributed by atoms with Crippen LogP contribution in [0.1, 0.15) is 19.8 Å². The first kappa shape index (κ1) is 16.6. The van der Waals surface area contributed by atoms with E-state index in [2.05, 4.69) is 10.1 Å². The summed E-state index contributed by atoms with van der Waals surface area (Å²) in [6.07, 6.45) is 1.38. The Hall–Kier alpha value is -0.433. The van der Waals surface area contributed by atoms with Gasteiger partial charge in [-0.2, -0.15) is 0 Å². The van der Waals surface area contributed by atoms with E-state index < -0.39 is 8.56 Å². The fourth-order valence-corrected chi connectivity index (χ4v) is 2.84. The Morgan fingerprint density at radius 1 is 1.29 bits per heavy atom. The van der Waals surface area contributed by atoms with Gasteiger partial charge < -0.3 is 18.9 Å².